The minimum absolute atomic E-state index is 0.172. The Kier molecular flexibility index (Phi) is 5.99. The lowest BCUT2D eigenvalue weighted by atomic mass is 9.61. The molecule has 0 atom stereocenters. The molecule has 1 aliphatic carbocycles. The van der Waals surface area contributed by atoms with Crippen LogP contribution in [0.5, 0.6) is 0 Å². The second-order valence-electron chi connectivity index (χ2n) is 6.78. The van der Waals surface area contributed by atoms with Gasteiger partial charge < -0.3 is 10.6 Å². The Morgan fingerprint density at radius 2 is 1.85 bits per heavy atom. The third-order valence-corrected chi connectivity index (χ3v) is 4.87. The Bertz CT molecular complexity index is 357. The molecule has 0 radical (unpaired) electrons. The molecule has 0 saturated heterocycles. The molecule has 0 aromatic heterocycles. The van der Waals surface area contributed by atoms with Crippen LogP contribution in [-0.4, -0.2) is 28.4 Å². The molecule has 1 aliphatic rings. The molecule has 0 unspecified atom stereocenters. The number of rotatable bonds is 7. The Morgan fingerprint density at radius 3 is 2.15 bits per heavy atom. The number of carbonyl (C=O) groups excluding carboxylic acids is 1. The largest absolute Gasteiger partial charge is 0.392 e. The van der Waals surface area contributed by atoms with Gasteiger partial charge in [-0.3, -0.25) is 4.79 Å². The Morgan fingerprint density at radius 1 is 1.35 bits per heavy atom. The molecule has 1 saturated carbocycles. The number of hydrogen-bond acceptors (Lipinski definition) is 2. The summed E-state index contributed by atoms with van der Waals surface area (Å²) in [4.78, 5) is 15.5. The minimum atomic E-state index is -0.563. The van der Waals surface area contributed by atoms with Crippen LogP contribution in [0.1, 0.15) is 60.3 Å². The summed E-state index contributed by atoms with van der Waals surface area (Å²) >= 11 is 5.23. The summed E-state index contributed by atoms with van der Waals surface area (Å²) in [5, 5.41) is 0. The smallest absolute Gasteiger partial charge is 0.235 e. The van der Waals surface area contributed by atoms with Crippen molar-refractivity contribution in [3.8, 4) is 0 Å². The molecule has 20 heavy (non-hydrogen) atoms. The number of carbonyl (C=O) groups is 1. The summed E-state index contributed by atoms with van der Waals surface area (Å²) in [6, 6.07) is 0.298. The van der Waals surface area contributed by atoms with Crippen molar-refractivity contribution in [1.29, 1.82) is 0 Å². The van der Waals surface area contributed by atoms with Crippen LogP contribution >= 0.6 is 12.2 Å². The first kappa shape index (κ1) is 17.4. The van der Waals surface area contributed by atoms with Gasteiger partial charge in [0.2, 0.25) is 5.91 Å². The Labute approximate surface area is 129 Å². The Hall–Kier alpha value is -0.640. The van der Waals surface area contributed by atoms with Crippen LogP contribution in [0, 0.1) is 17.3 Å². The first-order chi connectivity index (χ1) is 9.28. The molecule has 4 heteroatoms. The highest BCUT2D eigenvalue weighted by molar-refractivity contribution is 7.80. The first-order valence-corrected chi connectivity index (χ1v) is 8.30. The lowest BCUT2D eigenvalue weighted by molar-refractivity contribution is -0.147. The zero-order chi connectivity index (χ0) is 15.5. The van der Waals surface area contributed by atoms with Crippen molar-refractivity contribution in [1.82, 2.24) is 4.90 Å². The molecule has 116 valence electrons. The van der Waals surface area contributed by atoms with Crippen LogP contribution in [-0.2, 0) is 4.79 Å². The van der Waals surface area contributed by atoms with E-state index in [9.17, 15) is 4.79 Å². The molecular weight excluding hydrogens is 268 g/mol. The number of thiocarbonyl (C=S) groups is 1. The van der Waals surface area contributed by atoms with Crippen LogP contribution in [0.25, 0.3) is 0 Å². The maximum atomic E-state index is 13.1. The van der Waals surface area contributed by atoms with Gasteiger partial charge >= 0.3 is 0 Å². The fraction of sp³-hybridized carbons (Fsp3) is 0.875. The van der Waals surface area contributed by atoms with Crippen molar-refractivity contribution in [2.75, 3.05) is 6.54 Å². The van der Waals surface area contributed by atoms with E-state index in [0.29, 0.717) is 22.9 Å². The quantitative estimate of drug-likeness (QED) is 0.733. The molecule has 0 spiro atoms. The summed E-state index contributed by atoms with van der Waals surface area (Å²) in [6.07, 6.45) is 3.60. The maximum Gasteiger partial charge on any atom is 0.235 e. The first-order valence-electron chi connectivity index (χ1n) is 7.89. The third-order valence-electron chi connectivity index (χ3n) is 4.48. The lowest BCUT2D eigenvalue weighted by Gasteiger charge is -2.48. The number of nitrogens with two attached hydrogens (primary N) is 1. The number of amides is 1. The fourth-order valence-electron chi connectivity index (χ4n) is 3.41. The second kappa shape index (κ2) is 6.88. The minimum Gasteiger partial charge on any atom is -0.392 e. The Balaban J connectivity index is 3.00. The summed E-state index contributed by atoms with van der Waals surface area (Å²) < 4.78 is 0. The molecule has 3 nitrogen and oxygen atoms in total. The number of hydrogen-bond donors (Lipinski definition) is 1. The summed E-state index contributed by atoms with van der Waals surface area (Å²) in [7, 11) is 0. The van der Waals surface area contributed by atoms with Crippen LogP contribution < -0.4 is 5.73 Å². The zero-order valence-corrected chi connectivity index (χ0v) is 14.4. The highest BCUT2D eigenvalue weighted by atomic mass is 32.1. The molecule has 2 N–H and O–H groups in total. The normalized spacial score (nSPS) is 25.6. The van der Waals surface area contributed by atoms with Crippen LogP contribution in [0.2, 0.25) is 0 Å². The molecule has 0 aliphatic heterocycles. The molecule has 0 heterocycles. The van der Waals surface area contributed by atoms with E-state index >= 15 is 0 Å². The van der Waals surface area contributed by atoms with E-state index in [2.05, 4.69) is 39.5 Å². The van der Waals surface area contributed by atoms with E-state index in [1.165, 1.54) is 0 Å². The fourth-order valence-corrected chi connectivity index (χ4v) is 3.66. The summed E-state index contributed by atoms with van der Waals surface area (Å²) in [5.74, 6) is 1.17. The van der Waals surface area contributed by atoms with Crippen LogP contribution in [0.15, 0.2) is 0 Å². The van der Waals surface area contributed by atoms with Gasteiger partial charge in [-0.25, -0.2) is 0 Å². The van der Waals surface area contributed by atoms with Gasteiger partial charge in [-0.15, -0.1) is 0 Å². The van der Waals surface area contributed by atoms with E-state index in [4.69, 9.17) is 18.0 Å². The van der Waals surface area contributed by atoms with Gasteiger partial charge in [0, 0.05) is 12.6 Å². The van der Waals surface area contributed by atoms with E-state index < -0.39 is 5.41 Å². The van der Waals surface area contributed by atoms with E-state index in [-0.39, 0.29) is 5.91 Å². The second-order valence-corrected chi connectivity index (χ2v) is 7.22. The molecule has 1 fully saturated rings. The SMILES string of the molecule is CCC(CC)N(CC(C)C)C(=O)C1(C(N)=S)CC(C)C1. The van der Waals surface area contributed by atoms with E-state index in [1.807, 2.05) is 0 Å². The van der Waals surface area contributed by atoms with Crippen molar-refractivity contribution in [3.63, 3.8) is 0 Å². The highest BCUT2D eigenvalue weighted by Gasteiger charge is 2.53. The van der Waals surface area contributed by atoms with Gasteiger partial charge in [0.1, 0.15) is 0 Å². The topological polar surface area (TPSA) is 46.3 Å². The summed E-state index contributed by atoms with van der Waals surface area (Å²) in [6.45, 7) is 11.5. The van der Waals surface area contributed by atoms with E-state index in [0.717, 1.165) is 32.2 Å². The third kappa shape index (κ3) is 3.33. The predicted octanol–water partition coefficient (Wildman–Crippen LogP) is 3.36. The predicted molar refractivity (Wildman–Crippen MR) is 88.5 cm³/mol. The van der Waals surface area contributed by atoms with Crippen molar-refractivity contribution in [3.05, 3.63) is 0 Å². The van der Waals surface area contributed by atoms with Crippen molar-refractivity contribution in [2.24, 2.45) is 23.0 Å². The number of nitrogens with zero attached hydrogens (tertiary/aromatic N) is 1. The van der Waals surface area contributed by atoms with Crippen molar-refractivity contribution >= 4 is 23.1 Å². The molecule has 1 amide bonds. The van der Waals surface area contributed by atoms with Gasteiger partial charge in [0.15, 0.2) is 0 Å². The van der Waals surface area contributed by atoms with E-state index in [1.54, 1.807) is 0 Å². The van der Waals surface area contributed by atoms with Gasteiger partial charge in [-0.2, -0.15) is 0 Å². The van der Waals surface area contributed by atoms with Gasteiger partial charge in [-0.05, 0) is 37.5 Å². The lowest BCUT2D eigenvalue weighted by Crippen LogP contribution is -2.59. The molecule has 1 rings (SSSR count). The highest BCUT2D eigenvalue weighted by Crippen LogP contribution is 2.47. The van der Waals surface area contributed by atoms with Crippen LogP contribution in [0.4, 0.5) is 0 Å². The maximum absolute atomic E-state index is 13.1. The molecule has 0 bridgehead atoms. The standard InChI is InChI=1S/C16H30N2OS/c1-6-13(7-2)18(10-11(3)4)15(19)16(14(17)20)8-12(5)9-16/h11-13H,6-10H2,1-5H3,(H2,17,20). The monoisotopic (exact) mass is 298 g/mol. The van der Waals surface area contributed by atoms with Crippen LogP contribution in [0.3, 0.4) is 0 Å². The molecular formula is C16H30N2OS. The van der Waals surface area contributed by atoms with Gasteiger partial charge in [0.05, 0.1) is 10.4 Å². The molecule has 0 aromatic carbocycles. The van der Waals surface area contributed by atoms with Gasteiger partial charge in [-0.1, -0.05) is 46.8 Å². The van der Waals surface area contributed by atoms with Crippen molar-refractivity contribution in [2.45, 2.75) is 66.3 Å². The zero-order valence-electron chi connectivity index (χ0n) is 13.6. The average Bonchev–Trinajstić information content (AvgIpc) is 2.33. The summed E-state index contributed by atoms with van der Waals surface area (Å²) in [5.41, 5.74) is 5.37. The van der Waals surface area contributed by atoms with Crippen molar-refractivity contribution < 1.29 is 4.79 Å². The average molecular weight is 298 g/mol. The van der Waals surface area contributed by atoms with Gasteiger partial charge in [0.25, 0.3) is 0 Å². The molecule has 0 aromatic rings.